The smallest absolute Gasteiger partial charge is 0.122 e. The van der Waals surface area contributed by atoms with Crippen LogP contribution in [0.2, 0.25) is 11.1 Å². The van der Waals surface area contributed by atoms with Crippen LogP contribution in [0.1, 0.15) is 64.2 Å². The molecule has 1 atom stereocenters. The highest BCUT2D eigenvalue weighted by molar-refractivity contribution is 6.83. The summed E-state index contributed by atoms with van der Waals surface area (Å²) < 4.78 is 12.1. The van der Waals surface area contributed by atoms with Crippen molar-refractivity contribution in [1.82, 2.24) is 0 Å². The molecule has 1 aliphatic heterocycles. The minimum atomic E-state index is -1.44. The topological polar surface area (TPSA) is 18.5 Å². The van der Waals surface area contributed by atoms with Crippen molar-refractivity contribution in [2.45, 2.75) is 81.0 Å². The van der Waals surface area contributed by atoms with Crippen molar-refractivity contribution in [3.05, 3.63) is 0 Å². The van der Waals surface area contributed by atoms with E-state index in [1.54, 1.807) is 0 Å². The second-order valence-corrected chi connectivity index (χ2v) is 11.8. The van der Waals surface area contributed by atoms with Gasteiger partial charge in [0.25, 0.3) is 0 Å². The van der Waals surface area contributed by atoms with E-state index in [-0.39, 0.29) is 0 Å². The minimum absolute atomic E-state index is 0.624. The molecule has 0 N–H and O–H groups in total. The standard InChI is InChI=1S/C16H30O2Si/c1-17-13-19(14-7-2-3-8-14,15-9-4-5-10-15)16-11-6-12-18-16/h14-16H,2-13H2,1H3. The Morgan fingerprint density at radius 2 is 1.47 bits per heavy atom. The summed E-state index contributed by atoms with van der Waals surface area (Å²) in [5, 5.41) is 0. The minimum Gasteiger partial charge on any atom is -0.388 e. The van der Waals surface area contributed by atoms with Gasteiger partial charge in [-0.1, -0.05) is 51.4 Å². The van der Waals surface area contributed by atoms with E-state index in [2.05, 4.69) is 0 Å². The van der Waals surface area contributed by atoms with Gasteiger partial charge in [-0.3, -0.25) is 0 Å². The zero-order valence-corrected chi connectivity index (χ0v) is 13.5. The predicted octanol–water partition coefficient (Wildman–Crippen LogP) is 4.23. The second-order valence-electron chi connectivity index (χ2n) is 7.01. The lowest BCUT2D eigenvalue weighted by atomic mass is 10.3. The SMILES string of the molecule is COC[Si](C1CCCC1)(C1CCCC1)C1CCCO1. The number of rotatable bonds is 5. The van der Waals surface area contributed by atoms with Crippen LogP contribution in [0.5, 0.6) is 0 Å². The highest BCUT2D eigenvalue weighted by Gasteiger charge is 2.55. The molecule has 0 aromatic rings. The molecule has 110 valence electrons. The van der Waals surface area contributed by atoms with Gasteiger partial charge in [-0.05, 0) is 23.9 Å². The lowest BCUT2D eigenvalue weighted by Gasteiger charge is -2.45. The maximum Gasteiger partial charge on any atom is 0.122 e. The van der Waals surface area contributed by atoms with Gasteiger partial charge in [-0.2, -0.15) is 0 Å². The van der Waals surface area contributed by atoms with E-state index in [4.69, 9.17) is 9.47 Å². The average molecular weight is 282 g/mol. The zero-order chi connectivity index (χ0) is 13.1. The summed E-state index contributed by atoms with van der Waals surface area (Å²) in [5.74, 6) is 0. The highest BCUT2D eigenvalue weighted by atomic mass is 28.3. The molecule has 0 spiro atoms. The molecule has 3 aliphatic rings. The summed E-state index contributed by atoms with van der Waals surface area (Å²) in [7, 11) is 0.490. The van der Waals surface area contributed by atoms with Crippen LogP contribution in [0.15, 0.2) is 0 Å². The van der Waals surface area contributed by atoms with Gasteiger partial charge in [0.2, 0.25) is 0 Å². The van der Waals surface area contributed by atoms with Crippen molar-refractivity contribution in [3.8, 4) is 0 Å². The normalized spacial score (nSPS) is 30.5. The van der Waals surface area contributed by atoms with Crippen molar-refractivity contribution in [3.63, 3.8) is 0 Å². The highest BCUT2D eigenvalue weighted by Crippen LogP contribution is 2.53. The molecular formula is C16H30O2Si. The van der Waals surface area contributed by atoms with Crippen LogP contribution in [0.3, 0.4) is 0 Å². The Morgan fingerprint density at radius 3 is 1.89 bits per heavy atom. The first-order chi connectivity index (χ1) is 9.38. The van der Waals surface area contributed by atoms with Gasteiger partial charge in [0.1, 0.15) is 8.07 Å². The van der Waals surface area contributed by atoms with Crippen molar-refractivity contribution in [2.75, 3.05) is 19.9 Å². The largest absolute Gasteiger partial charge is 0.388 e. The van der Waals surface area contributed by atoms with Crippen molar-refractivity contribution in [1.29, 1.82) is 0 Å². The van der Waals surface area contributed by atoms with Crippen LogP contribution >= 0.6 is 0 Å². The fourth-order valence-corrected chi connectivity index (χ4v) is 12.4. The van der Waals surface area contributed by atoms with E-state index in [1.807, 2.05) is 7.11 Å². The van der Waals surface area contributed by atoms with E-state index in [0.29, 0.717) is 5.73 Å². The van der Waals surface area contributed by atoms with Crippen LogP contribution in [0.25, 0.3) is 0 Å². The maximum absolute atomic E-state index is 6.28. The quantitative estimate of drug-likeness (QED) is 0.703. The fraction of sp³-hybridized carbons (Fsp3) is 1.00. The van der Waals surface area contributed by atoms with Crippen molar-refractivity contribution in [2.24, 2.45) is 0 Å². The summed E-state index contributed by atoms with van der Waals surface area (Å²) in [6.07, 6.45) is 15.5. The van der Waals surface area contributed by atoms with E-state index in [9.17, 15) is 0 Å². The third kappa shape index (κ3) is 2.54. The number of ether oxygens (including phenoxy) is 2. The Kier molecular flexibility index (Phi) is 4.65. The molecule has 1 saturated heterocycles. The Labute approximate surface area is 119 Å². The predicted molar refractivity (Wildman–Crippen MR) is 81.0 cm³/mol. The van der Waals surface area contributed by atoms with E-state index in [0.717, 1.165) is 23.9 Å². The third-order valence-electron chi connectivity index (χ3n) is 6.15. The fourth-order valence-electron chi connectivity index (χ4n) is 5.37. The third-order valence-corrected chi connectivity index (χ3v) is 12.8. The first kappa shape index (κ1) is 14.1. The molecule has 2 aliphatic carbocycles. The Bertz CT molecular complexity index is 236. The van der Waals surface area contributed by atoms with Gasteiger partial charge in [0, 0.05) is 19.9 Å². The van der Waals surface area contributed by atoms with Crippen LogP contribution in [0.4, 0.5) is 0 Å². The molecule has 0 aromatic carbocycles. The van der Waals surface area contributed by atoms with Crippen LogP contribution in [-0.2, 0) is 9.47 Å². The number of hydrogen-bond donors (Lipinski definition) is 0. The lowest BCUT2D eigenvalue weighted by molar-refractivity contribution is 0.144. The molecule has 0 radical (unpaired) electrons. The maximum atomic E-state index is 6.28. The van der Waals surface area contributed by atoms with E-state index in [1.165, 1.54) is 64.2 Å². The Hall–Kier alpha value is 0.137. The monoisotopic (exact) mass is 282 g/mol. The first-order valence-electron chi connectivity index (χ1n) is 8.48. The zero-order valence-electron chi connectivity index (χ0n) is 12.5. The molecule has 3 rings (SSSR count). The summed E-state index contributed by atoms with van der Waals surface area (Å²) in [6.45, 7) is 1.02. The average Bonchev–Trinajstić information content (AvgIpc) is 3.18. The Balaban J connectivity index is 1.88. The van der Waals surface area contributed by atoms with Gasteiger partial charge >= 0.3 is 0 Å². The van der Waals surface area contributed by atoms with Gasteiger partial charge < -0.3 is 9.47 Å². The molecule has 0 bridgehead atoms. The molecule has 0 amide bonds. The number of methoxy groups -OCH3 is 1. The number of hydrogen-bond acceptors (Lipinski definition) is 2. The van der Waals surface area contributed by atoms with Gasteiger partial charge in [0.15, 0.2) is 0 Å². The molecule has 1 heterocycles. The van der Waals surface area contributed by atoms with E-state index < -0.39 is 8.07 Å². The first-order valence-corrected chi connectivity index (χ1v) is 10.9. The molecule has 3 heteroatoms. The van der Waals surface area contributed by atoms with Crippen LogP contribution in [0, 0.1) is 0 Å². The van der Waals surface area contributed by atoms with Gasteiger partial charge in [-0.25, -0.2) is 0 Å². The summed E-state index contributed by atoms with van der Waals surface area (Å²) >= 11 is 0. The molecule has 3 fully saturated rings. The summed E-state index contributed by atoms with van der Waals surface area (Å²) in [6, 6.07) is 0. The molecule has 0 aromatic heterocycles. The molecule has 19 heavy (non-hydrogen) atoms. The van der Waals surface area contributed by atoms with Crippen LogP contribution < -0.4 is 0 Å². The molecule has 2 saturated carbocycles. The molecular weight excluding hydrogens is 252 g/mol. The summed E-state index contributed by atoms with van der Waals surface area (Å²) in [4.78, 5) is 0. The van der Waals surface area contributed by atoms with Crippen LogP contribution in [-0.4, -0.2) is 33.7 Å². The van der Waals surface area contributed by atoms with Crippen molar-refractivity contribution < 1.29 is 9.47 Å². The lowest BCUT2D eigenvalue weighted by Crippen LogP contribution is -2.58. The molecule has 1 unspecified atom stereocenters. The Morgan fingerprint density at radius 1 is 0.895 bits per heavy atom. The van der Waals surface area contributed by atoms with Crippen molar-refractivity contribution >= 4 is 8.07 Å². The molecule has 2 nitrogen and oxygen atoms in total. The second kappa shape index (κ2) is 6.27. The van der Waals surface area contributed by atoms with Gasteiger partial charge in [-0.15, -0.1) is 0 Å². The van der Waals surface area contributed by atoms with Gasteiger partial charge in [0.05, 0.1) is 5.73 Å². The van der Waals surface area contributed by atoms with E-state index >= 15 is 0 Å². The summed E-state index contributed by atoms with van der Waals surface area (Å²) in [5.41, 5.74) is 2.62.